The molecule has 0 fully saturated rings. The van der Waals surface area contributed by atoms with Crippen molar-refractivity contribution >= 4 is 15.9 Å². The summed E-state index contributed by atoms with van der Waals surface area (Å²) in [7, 11) is 0. The van der Waals surface area contributed by atoms with E-state index in [1.54, 1.807) is 13.0 Å². The molecule has 0 aliphatic heterocycles. The molecule has 0 amide bonds. The van der Waals surface area contributed by atoms with Gasteiger partial charge in [0.15, 0.2) is 0 Å². The van der Waals surface area contributed by atoms with Crippen molar-refractivity contribution < 1.29 is 17.9 Å². The van der Waals surface area contributed by atoms with Gasteiger partial charge in [-0.3, -0.25) is 0 Å². The quantitative estimate of drug-likeness (QED) is 0.847. The molecule has 0 N–H and O–H groups in total. The van der Waals surface area contributed by atoms with Crippen molar-refractivity contribution in [3.05, 3.63) is 22.3 Å². The van der Waals surface area contributed by atoms with Crippen LogP contribution >= 0.6 is 15.9 Å². The Morgan fingerprint density at radius 3 is 2.60 bits per heavy atom. The predicted octanol–water partition coefficient (Wildman–Crippen LogP) is 3.48. The van der Waals surface area contributed by atoms with E-state index in [4.69, 9.17) is 4.74 Å². The summed E-state index contributed by atoms with van der Waals surface area (Å²) < 4.78 is 41.0. The number of rotatable bonds is 3. The van der Waals surface area contributed by atoms with Crippen LogP contribution in [0.1, 0.15) is 12.1 Å². The van der Waals surface area contributed by atoms with Crippen molar-refractivity contribution in [1.29, 1.82) is 0 Å². The van der Waals surface area contributed by atoms with E-state index in [0.717, 1.165) is 4.47 Å². The maximum absolute atomic E-state index is 11.8. The first-order valence-corrected chi connectivity index (χ1v) is 5.00. The first-order chi connectivity index (χ1) is 6.88. The van der Waals surface area contributed by atoms with Crippen molar-refractivity contribution in [2.24, 2.45) is 0 Å². The monoisotopic (exact) mass is 283 g/mol. The Morgan fingerprint density at radius 2 is 2.07 bits per heavy atom. The third kappa shape index (κ3) is 4.51. The van der Waals surface area contributed by atoms with Gasteiger partial charge in [-0.25, -0.2) is 4.98 Å². The Labute approximate surface area is 93.6 Å². The number of nitrogens with zero attached hydrogens (tertiary/aromatic N) is 1. The number of pyridine rings is 1. The molecule has 0 unspecified atom stereocenters. The van der Waals surface area contributed by atoms with Gasteiger partial charge in [0.25, 0.3) is 0 Å². The molecule has 1 aromatic rings. The van der Waals surface area contributed by atoms with Gasteiger partial charge >= 0.3 is 6.18 Å². The highest BCUT2D eigenvalue weighted by Crippen LogP contribution is 2.21. The van der Waals surface area contributed by atoms with E-state index in [0.29, 0.717) is 5.69 Å². The highest BCUT2D eigenvalue weighted by atomic mass is 79.9. The summed E-state index contributed by atoms with van der Waals surface area (Å²) in [6.45, 7) is 1.33. The first-order valence-electron chi connectivity index (χ1n) is 4.21. The molecule has 0 aromatic carbocycles. The molecule has 1 heterocycles. The fourth-order valence-corrected chi connectivity index (χ4v) is 1.09. The zero-order valence-corrected chi connectivity index (χ0v) is 9.52. The molecule has 84 valence electrons. The van der Waals surface area contributed by atoms with E-state index in [2.05, 4.69) is 20.9 Å². The summed E-state index contributed by atoms with van der Waals surface area (Å²) in [5, 5.41) is 0. The smallest absolute Gasteiger partial charge is 0.392 e. The van der Waals surface area contributed by atoms with Gasteiger partial charge in [-0.15, -0.1) is 0 Å². The lowest BCUT2D eigenvalue weighted by Crippen LogP contribution is -2.13. The van der Waals surface area contributed by atoms with Crippen LogP contribution in [-0.2, 0) is 0 Å². The highest BCUT2D eigenvalue weighted by Gasteiger charge is 2.26. The van der Waals surface area contributed by atoms with E-state index in [-0.39, 0.29) is 5.88 Å². The molecule has 0 saturated carbocycles. The van der Waals surface area contributed by atoms with Crippen molar-refractivity contribution in [2.75, 3.05) is 6.61 Å². The molecule has 0 aliphatic carbocycles. The molecule has 0 bridgehead atoms. The Morgan fingerprint density at radius 1 is 1.40 bits per heavy atom. The molecule has 0 radical (unpaired) electrons. The zero-order chi connectivity index (χ0) is 11.5. The van der Waals surface area contributed by atoms with Gasteiger partial charge in [0, 0.05) is 10.5 Å². The number of hydrogen-bond donors (Lipinski definition) is 0. The Kier molecular flexibility index (Phi) is 3.96. The maximum Gasteiger partial charge on any atom is 0.392 e. The summed E-state index contributed by atoms with van der Waals surface area (Å²) in [5.41, 5.74) is 0.680. The molecule has 0 aliphatic rings. The minimum Gasteiger partial charge on any atom is -0.477 e. The lowest BCUT2D eigenvalue weighted by Gasteiger charge is -2.08. The van der Waals surface area contributed by atoms with Gasteiger partial charge in [-0.1, -0.05) is 0 Å². The van der Waals surface area contributed by atoms with E-state index in [9.17, 15) is 13.2 Å². The molecule has 15 heavy (non-hydrogen) atoms. The third-order valence-corrected chi connectivity index (χ3v) is 2.47. The van der Waals surface area contributed by atoms with Gasteiger partial charge in [0.05, 0.1) is 18.7 Å². The lowest BCUT2D eigenvalue weighted by molar-refractivity contribution is -0.139. The number of ether oxygens (including phenoxy) is 1. The molecule has 2 nitrogen and oxygen atoms in total. The van der Waals surface area contributed by atoms with Crippen LogP contribution < -0.4 is 4.74 Å². The van der Waals surface area contributed by atoms with Crippen molar-refractivity contribution in [2.45, 2.75) is 19.5 Å². The standard InChI is InChI=1S/C9H9BrF3NO/c1-6-7(10)2-3-8(14-6)15-5-4-9(11,12)13/h2-3H,4-5H2,1H3. The van der Waals surface area contributed by atoms with Crippen LogP contribution in [0, 0.1) is 6.92 Å². The number of aromatic nitrogens is 1. The van der Waals surface area contributed by atoms with Crippen molar-refractivity contribution in [3.8, 4) is 5.88 Å². The minimum absolute atomic E-state index is 0.208. The van der Waals surface area contributed by atoms with Crippen LogP contribution in [0.5, 0.6) is 5.88 Å². The van der Waals surface area contributed by atoms with Gasteiger partial charge in [-0.05, 0) is 28.9 Å². The van der Waals surface area contributed by atoms with Crippen molar-refractivity contribution in [3.63, 3.8) is 0 Å². The van der Waals surface area contributed by atoms with E-state index >= 15 is 0 Å². The van der Waals surface area contributed by atoms with Gasteiger partial charge in [-0.2, -0.15) is 13.2 Å². The summed E-state index contributed by atoms with van der Waals surface area (Å²) >= 11 is 3.23. The molecule has 1 rings (SSSR count). The number of alkyl halides is 3. The van der Waals surface area contributed by atoms with Gasteiger partial charge in [0.1, 0.15) is 0 Å². The molecule has 0 spiro atoms. The van der Waals surface area contributed by atoms with E-state index in [1.807, 2.05) is 0 Å². The lowest BCUT2D eigenvalue weighted by atomic mass is 10.4. The van der Waals surface area contributed by atoms with E-state index in [1.165, 1.54) is 6.07 Å². The normalized spacial score (nSPS) is 11.5. The largest absolute Gasteiger partial charge is 0.477 e. The fourth-order valence-electron chi connectivity index (χ4n) is 0.873. The average molecular weight is 284 g/mol. The number of halogens is 4. The average Bonchev–Trinajstić information content (AvgIpc) is 2.09. The molecule has 1 aromatic heterocycles. The van der Waals surface area contributed by atoms with E-state index < -0.39 is 19.2 Å². The molecule has 0 saturated heterocycles. The highest BCUT2D eigenvalue weighted by molar-refractivity contribution is 9.10. The maximum atomic E-state index is 11.8. The fraction of sp³-hybridized carbons (Fsp3) is 0.444. The Hall–Kier alpha value is -0.780. The second-order valence-electron chi connectivity index (χ2n) is 2.93. The molecular formula is C9H9BrF3NO. The summed E-state index contributed by atoms with van der Waals surface area (Å²) in [6, 6.07) is 3.21. The van der Waals surface area contributed by atoms with Crippen molar-refractivity contribution in [1.82, 2.24) is 4.98 Å². The van der Waals surface area contributed by atoms with Gasteiger partial charge in [0.2, 0.25) is 5.88 Å². The summed E-state index contributed by atoms with van der Waals surface area (Å²) in [6.07, 6.45) is -5.16. The van der Waals surface area contributed by atoms with Crippen LogP contribution in [0.15, 0.2) is 16.6 Å². The number of hydrogen-bond acceptors (Lipinski definition) is 2. The first kappa shape index (κ1) is 12.3. The number of aryl methyl sites for hydroxylation is 1. The minimum atomic E-state index is -4.19. The summed E-state index contributed by atoms with van der Waals surface area (Å²) in [5.74, 6) is 0.208. The molecule has 0 atom stereocenters. The second kappa shape index (κ2) is 4.83. The Bertz CT molecular complexity index is 341. The van der Waals surface area contributed by atoms with Gasteiger partial charge < -0.3 is 4.74 Å². The summed E-state index contributed by atoms with van der Waals surface area (Å²) in [4.78, 5) is 3.96. The zero-order valence-electron chi connectivity index (χ0n) is 7.94. The third-order valence-electron chi connectivity index (χ3n) is 1.63. The van der Waals surface area contributed by atoms with Crippen LogP contribution in [0.2, 0.25) is 0 Å². The SMILES string of the molecule is Cc1nc(OCCC(F)(F)F)ccc1Br. The molecule has 6 heteroatoms. The van der Waals surface area contributed by atoms with Crippen LogP contribution in [0.3, 0.4) is 0 Å². The topological polar surface area (TPSA) is 22.1 Å². The molecular weight excluding hydrogens is 275 g/mol. The van der Waals surface area contributed by atoms with Crippen LogP contribution in [0.4, 0.5) is 13.2 Å². The van der Waals surface area contributed by atoms with Crippen LogP contribution in [-0.4, -0.2) is 17.8 Å². The second-order valence-corrected chi connectivity index (χ2v) is 3.78. The van der Waals surface area contributed by atoms with Crippen LogP contribution in [0.25, 0.3) is 0 Å². The Balaban J connectivity index is 2.48. The predicted molar refractivity (Wildman–Crippen MR) is 52.8 cm³/mol.